The summed E-state index contributed by atoms with van der Waals surface area (Å²) in [6.07, 6.45) is -1.01. The van der Waals surface area contributed by atoms with Gasteiger partial charge in [0.15, 0.2) is 0 Å². The zero-order valence-corrected chi connectivity index (χ0v) is 7.21. The monoisotopic (exact) mass is 179 g/mol. The van der Waals surface area contributed by atoms with E-state index in [0.29, 0.717) is 5.69 Å². The molecule has 0 saturated heterocycles. The number of halogens is 1. The Hall–Kier alpha value is -1.51. The molecule has 0 aliphatic carbocycles. The van der Waals surface area contributed by atoms with E-state index >= 15 is 0 Å². The van der Waals surface area contributed by atoms with Crippen LogP contribution in [0.15, 0.2) is 24.3 Å². The van der Waals surface area contributed by atoms with Crippen LogP contribution in [0, 0.1) is 0 Å². The molecule has 1 heterocycles. The molecule has 2 N–H and O–H groups in total. The van der Waals surface area contributed by atoms with Gasteiger partial charge in [-0.15, -0.1) is 0 Å². The Balaban J connectivity index is 2.62. The van der Waals surface area contributed by atoms with E-state index in [2.05, 4.69) is 4.98 Å². The van der Waals surface area contributed by atoms with Gasteiger partial charge in [-0.05, 0) is 25.1 Å². The Kier molecular flexibility index (Phi) is 1.72. The lowest BCUT2D eigenvalue weighted by Gasteiger charge is -1.94. The fourth-order valence-corrected chi connectivity index (χ4v) is 1.35. The summed E-state index contributed by atoms with van der Waals surface area (Å²) < 4.78 is 12.9. The van der Waals surface area contributed by atoms with Crippen LogP contribution >= 0.6 is 0 Å². The van der Waals surface area contributed by atoms with E-state index in [1.165, 1.54) is 6.92 Å². The number of phenols is 1. The number of rotatable bonds is 1. The van der Waals surface area contributed by atoms with Crippen molar-refractivity contribution in [2.24, 2.45) is 0 Å². The van der Waals surface area contributed by atoms with Gasteiger partial charge in [-0.25, -0.2) is 4.39 Å². The minimum Gasteiger partial charge on any atom is -0.508 e. The quantitative estimate of drug-likeness (QED) is 0.693. The van der Waals surface area contributed by atoms with Gasteiger partial charge >= 0.3 is 0 Å². The molecule has 1 unspecified atom stereocenters. The van der Waals surface area contributed by atoms with Crippen LogP contribution in [0.2, 0.25) is 0 Å². The SMILES string of the molecule is CC(F)c1cc2ccc(O)cc2[nH]1. The van der Waals surface area contributed by atoms with Gasteiger partial charge in [0.05, 0.1) is 5.69 Å². The molecule has 0 amide bonds. The van der Waals surface area contributed by atoms with Crippen molar-refractivity contribution < 1.29 is 9.50 Å². The number of fused-ring (bicyclic) bond motifs is 1. The summed E-state index contributed by atoms with van der Waals surface area (Å²) in [5.41, 5.74) is 1.31. The highest BCUT2D eigenvalue weighted by Crippen LogP contribution is 2.24. The predicted octanol–water partition coefficient (Wildman–Crippen LogP) is 2.90. The molecule has 0 saturated carbocycles. The minimum absolute atomic E-state index is 0.187. The first-order valence-electron chi connectivity index (χ1n) is 4.12. The molecule has 0 bridgehead atoms. The molecule has 0 spiro atoms. The highest BCUT2D eigenvalue weighted by molar-refractivity contribution is 5.81. The fourth-order valence-electron chi connectivity index (χ4n) is 1.35. The van der Waals surface area contributed by atoms with Crippen LogP contribution in [-0.2, 0) is 0 Å². The molecule has 0 fully saturated rings. The smallest absolute Gasteiger partial charge is 0.137 e. The molecule has 2 rings (SSSR count). The average molecular weight is 179 g/mol. The molecular formula is C10H10FNO. The summed E-state index contributed by atoms with van der Waals surface area (Å²) in [5, 5.41) is 10.1. The van der Waals surface area contributed by atoms with Crippen molar-refractivity contribution in [3.63, 3.8) is 0 Å². The maximum atomic E-state index is 12.9. The largest absolute Gasteiger partial charge is 0.508 e. The number of aromatic hydroxyl groups is 1. The van der Waals surface area contributed by atoms with Crippen LogP contribution in [0.3, 0.4) is 0 Å². The normalized spacial score (nSPS) is 13.4. The number of phenolic OH excluding ortho intramolecular Hbond substituents is 1. The summed E-state index contributed by atoms with van der Waals surface area (Å²) in [4.78, 5) is 2.90. The summed E-state index contributed by atoms with van der Waals surface area (Å²) in [6, 6.07) is 6.68. The third-order valence-corrected chi connectivity index (χ3v) is 2.06. The molecule has 1 aromatic carbocycles. The highest BCUT2D eigenvalue weighted by Gasteiger charge is 2.06. The van der Waals surface area contributed by atoms with Crippen molar-refractivity contribution in [2.45, 2.75) is 13.1 Å². The Labute approximate surface area is 75.0 Å². The van der Waals surface area contributed by atoms with Crippen LogP contribution in [0.4, 0.5) is 4.39 Å². The number of nitrogens with one attached hydrogen (secondary N) is 1. The second kappa shape index (κ2) is 2.76. The summed E-state index contributed by atoms with van der Waals surface area (Å²) in [7, 11) is 0. The summed E-state index contributed by atoms with van der Waals surface area (Å²) in [5.74, 6) is 0.187. The van der Waals surface area contributed by atoms with Crippen molar-refractivity contribution in [3.8, 4) is 5.75 Å². The number of H-pyrrole nitrogens is 1. The van der Waals surface area contributed by atoms with E-state index in [1.807, 2.05) is 0 Å². The summed E-state index contributed by atoms with van der Waals surface area (Å²) in [6.45, 7) is 1.48. The van der Waals surface area contributed by atoms with Gasteiger partial charge in [-0.3, -0.25) is 0 Å². The maximum absolute atomic E-state index is 12.9. The first kappa shape index (κ1) is 8.10. The van der Waals surface area contributed by atoms with E-state index in [-0.39, 0.29) is 5.75 Å². The molecule has 13 heavy (non-hydrogen) atoms. The number of aromatic nitrogens is 1. The van der Waals surface area contributed by atoms with Gasteiger partial charge in [0.1, 0.15) is 11.9 Å². The van der Waals surface area contributed by atoms with E-state index in [9.17, 15) is 4.39 Å². The molecule has 2 aromatic rings. The van der Waals surface area contributed by atoms with E-state index in [0.717, 1.165) is 10.9 Å². The predicted molar refractivity (Wildman–Crippen MR) is 49.5 cm³/mol. The second-order valence-corrected chi connectivity index (χ2v) is 3.11. The lowest BCUT2D eigenvalue weighted by Crippen LogP contribution is -1.82. The third kappa shape index (κ3) is 1.37. The zero-order chi connectivity index (χ0) is 9.42. The Bertz CT molecular complexity index is 433. The molecule has 1 atom stereocenters. The maximum Gasteiger partial charge on any atom is 0.137 e. The standard InChI is InChI=1S/C10H10FNO/c1-6(11)9-4-7-2-3-8(13)5-10(7)12-9/h2-6,12-13H,1H3. The number of alkyl halides is 1. The topological polar surface area (TPSA) is 36.0 Å². The van der Waals surface area contributed by atoms with Crippen LogP contribution in [0.5, 0.6) is 5.75 Å². The van der Waals surface area contributed by atoms with Crippen molar-refractivity contribution in [2.75, 3.05) is 0 Å². The molecule has 2 nitrogen and oxygen atoms in total. The van der Waals surface area contributed by atoms with Crippen molar-refractivity contribution in [3.05, 3.63) is 30.0 Å². The third-order valence-electron chi connectivity index (χ3n) is 2.06. The lowest BCUT2D eigenvalue weighted by atomic mass is 10.2. The van der Waals surface area contributed by atoms with E-state index in [1.54, 1.807) is 24.3 Å². The highest BCUT2D eigenvalue weighted by atomic mass is 19.1. The van der Waals surface area contributed by atoms with Crippen molar-refractivity contribution in [1.29, 1.82) is 0 Å². The molecule has 0 radical (unpaired) electrons. The number of hydrogen-bond acceptors (Lipinski definition) is 1. The van der Waals surface area contributed by atoms with Crippen molar-refractivity contribution in [1.82, 2.24) is 4.98 Å². The average Bonchev–Trinajstić information content (AvgIpc) is 2.46. The Morgan fingerprint density at radius 2 is 2.15 bits per heavy atom. The number of hydrogen-bond donors (Lipinski definition) is 2. The Morgan fingerprint density at radius 1 is 1.38 bits per heavy atom. The van der Waals surface area contributed by atoms with Crippen LogP contribution in [-0.4, -0.2) is 10.1 Å². The first-order chi connectivity index (χ1) is 6.16. The number of benzene rings is 1. The van der Waals surface area contributed by atoms with Crippen LogP contribution < -0.4 is 0 Å². The van der Waals surface area contributed by atoms with Gasteiger partial charge in [-0.1, -0.05) is 0 Å². The van der Waals surface area contributed by atoms with E-state index in [4.69, 9.17) is 5.11 Å². The van der Waals surface area contributed by atoms with Gasteiger partial charge in [-0.2, -0.15) is 0 Å². The number of aromatic amines is 1. The van der Waals surface area contributed by atoms with Crippen molar-refractivity contribution >= 4 is 10.9 Å². The minimum atomic E-state index is -1.01. The van der Waals surface area contributed by atoms with Crippen LogP contribution in [0.25, 0.3) is 10.9 Å². The zero-order valence-electron chi connectivity index (χ0n) is 7.21. The van der Waals surface area contributed by atoms with Gasteiger partial charge in [0.2, 0.25) is 0 Å². The van der Waals surface area contributed by atoms with Gasteiger partial charge < -0.3 is 10.1 Å². The molecule has 0 aliphatic heterocycles. The Morgan fingerprint density at radius 3 is 2.85 bits per heavy atom. The van der Waals surface area contributed by atoms with E-state index < -0.39 is 6.17 Å². The first-order valence-corrected chi connectivity index (χ1v) is 4.12. The molecule has 1 aromatic heterocycles. The van der Waals surface area contributed by atoms with Crippen LogP contribution in [0.1, 0.15) is 18.8 Å². The summed E-state index contributed by atoms with van der Waals surface area (Å²) >= 11 is 0. The fraction of sp³-hybridized carbons (Fsp3) is 0.200. The second-order valence-electron chi connectivity index (χ2n) is 3.11. The van der Waals surface area contributed by atoms with Gasteiger partial charge in [0, 0.05) is 17.0 Å². The molecule has 3 heteroatoms. The molecular weight excluding hydrogens is 169 g/mol. The van der Waals surface area contributed by atoms with Gasteiger partial charge in [0.25, 0.3) is 0 Å². The lowest BCUT2D eigenvalue weighted by molar-refractivity contribution is 0.367. The molecule has 68 valence electrons. The molecule has 0 aliphatic rings.